The van der Waals surface area contributed by atoms with Crippen LogP contribution in [0.15, 0.2) is 18.2 Å². The molecular formula is C9H9ClFN. The lowest BCUT2D eigenvalue weighted by atomic mass is 10.1. The Morgan fingerprint density at radius 3 is 2.67 bits per heavy atom. The molecule has 0 aromatic heterocycles. The molecule has 0 atom stereocenters. The van der Waals surface area contributed by atoms with Gasteiger partial charge in [-0.15, -0.1) is 0 Å². The third-order valence-electron chi connectivity index (χ3n) is 2.13. The molecule has 1 nitrogen and oxygen atoms in total. The number of benzene rings is 1. The molecule has 1 aromatic carbocycles. The van der Waals surface area contributed by atoms with Gasteiger partial charge in [0.2, 0.25) is 0 Å². The molecule has 64 valence electrons. The molecule has 0 saturated heterocycles. The number of hydrogen-bond donors (Lipinski definition) is 1. The molecule has 0 spiro atoms. The monoisotopic (exact) mass is 185 g/mol. The van der Waals surface area contributed by atoms with Crippen molar-refractivity contribution < 1.29 is 4.39 Å². The summed E-state index contributed by atoms with van der Waals surface area (Å²) in [4.78, 5) is 2.39. The fourth-order valence-electron chi connectivity index (χ4n) is 1.31. The van der Waals surface area contributed by atoms with E-state index < -0.39 is 0 Å². The van der Waals surface area contributed by atoms with Crippen molar-refractivity contribution in [3.05, 3.63) is 29.6 Å². The highest BCUT2D eigenvalue weighted by atomic mass is 35.5. The summed E-state index contributed by atoms with van der Waals surface area (Å²) in [5.41, 5.74) is 1.43. The molecule has 12 heavy (non-hydrogen) atoms. The van der Waals surface area contributed by atoms with Crippen molar-refractivity contribution in [2.24, 2.45) is 0 Å². The summed E-state index contributed by atoms with van der Waals surface area (Å²) in [5, 5.41) is 0. The Hall–Kier alpha value is -0.760. The number of halogens is 2. The minimum atomic E-state index is -0.150. The molecule has 0 radical (unpaired) electrons. The van der Waals surface area contributed by atoms with E-state index in [2.05, 4.69) is 4.84 Å². The minimum Gasteiger partial charge on any atom is -0.298 e. The van der Waals surface area contributed by atoms with E-state index in [-0.39, 0.29) is 5.82 Å². The Morgan fingerprint density at radius 1 is 1.42 bits per heavy atom. The van der Waals surface area contributed by atoms with Gasteiger partial charge in [0.25, 0.3) is 0 Å². The molecule has 1 N–H and O–H groups in total. The summed E-state index contributed by atoms with van der Waals surface area (Å²) in [6.45, 7) is 0. The van der Waals surface area contributed by atoms with Gasteiger partial charge in [0, 0.05) is 11.8 Å². The van der Waals surface area contributed by atoms with Gasteiger partial charge in [-0.3, -0.25) is 4.84 Å². The molecule has 1 aliphatic carbocycles. The van der Waals surface area contributed by atoms with Gasteiger partial charge in [0.1, 0.15) is 5.82 Å². The molecule has 0 heterocycles. The van der Waals surface area contributed by atoms with Crippen LogP contribution in [0.4, 0.5) is 10.1 Å². The lowest BCUT2D eigenvalue weighted by Crippen LogP contribution is -1.88. The van der Waals surface area contributed by atoms with Gasteiger partial charge >= 0.3 is 0 Å². The maximum absolute atomic E-state index is 13.2. The third-order valence-corrected chi connectivity index (χ3v) is 2.34. The Morgan fingerprint density at radius 2 is 2.17 bits per heavy atom. The van der Waals surface area contributed by atoms with Crippen molar-refractivity contribution in [2.75, 3.05) is 4.84 Å². The second-order valence-electron chi connectivity index (χ2n) is 3.11. The molecule has 0 amide bonds. The van der Waals surface area contributed by atoms with Crippen LogP contribution in [0.25, 0.3) is 0 Å². The molecule has 1 fully saturated rings. The number of nitrogens with one attached hydrogen (secondary N) is 1. The van der Waals surface area contributed by atoms with Gasteiger partial charge in [-0.1, -0.05) is 6.07 Å². The summed E-state index contributed by atoms with van der Waals surface area (Å²) in [6.07, 6.45) is 2.23. The predicted octanol–water partition coefficient (Wildman–Crippen LogP) is 3.27. The molecule has 0 bridgehead atoms. The van der Waals surface area contributed by atoms with Crippen molar-refractivity contribution in [3.8, 4) is 0 Å². The maximum atomic E-state index is 13.2. The van der Waals surface area contributed by atoms with Crippen molar-refractivity contribution in [3.63, 3.8) is 0 Å². The largest absolute Gasteiger partial charge is 0.298 e. The normalized spacial score (nSPS) is 16.2. The fourth-order valence-corrected chi connectivity index (χ4v) is 1.43. The van der Waals surface area contributed by atoms with Gasteiger partial charge in [-0.2, -0.15) is 0 Å². The Balaban J connectivity index is 2.32. The van der Waals surface area contributed by atoms with Gasteiger partial charge in [-0.25, -0.2) is 4.39 Å². The smallest absolute Gasteiger partial charge is 0.128 e. The van der Waals surface area contributed by atoms with Crippen molar-refractivity contribution in [1.29, 1.82) is 0 Å². The van der Waals surface area contributed by atoms with Crippen LogP contribution in [0.2, 0.25) is 0 Å². The SMILES string of the molecule is Fc1cc(NCl)ccc1C1CC1. The number of hydrogen-bond acceptors (Lipinski definition) is 1. The van der Waals surface area contributed by atoms with E-state index in [1.165, 1.54) is 6.07 Å². The molecule has 3 heteroatoms. The number of anilines is 1. The lowest BCUT2D eigenvalue weighted by molar-refractivity contribution is 0.611. The zero-order valence-electron chi connectivity index (χ0n) is 6.48. The van der Waals surface area contributed by atoms with Gasteiger partial charge in [0.15, 0.2) is 0 Å². The first-order valence-corrected chi connectivity index (χ1v) is 4.35. The van der Waals surface area contributed by atoms with Crippen LogP contribution in [0, 0.1) is 5.82 Å². The average Bonchev–Trinajstić information content (AvgIpc) is 2.87. The predicted molar refractivity (Wildman–Crippen MR) is 47.9 cm³/mol. The van der Waals surface area contributed by atoms with E-state index in [1.54, 1.807) is 12.1 Å². The van der Waals surface area contributed by atoms with Crippen LogP contribution in [-0.2, 0) is 0 Å². The topological polar surface area (TPSA) is 12.0 Å². The fraction of sp³-hybridized carbons (Fsp3) is 0.333. The van der Waals surface area contributed by atoms with Gasteiger partial charge in [-0.05, 0) is 36.5 Å². The summed E-state index contributed by atoms with van der Waals surface area (Å²) in [6, 6.07) is 5.03. The van der Waals surface area contributed by atoms with E-state index in [0.29, 0.717) is 11.6 Å². The van der Waals surface area contributed by atoms with Crippen LogP contribution in [0.3, 0.4) is 0 Å². The third kappa shape index (κ3) is 1.39. The Kier molecular flexibility index (Phi) is 1.93. The molecule has 1 saturated carbocycles. The molecule has 2 rings (SSSR count). The molecule has 0 aliphatic heterocycles. The quantitative estimate of drug-likeness (QED) is 0.698. The highest BCUT2D eigenvalue weighted by Crippen LogP contribution is 2.41. The van der Waals surface area contributed by atoms with Gasteiger partial charge < -0.3 is 0 Å². The second kappa shape index (κ2) is 2.94. The first-order chi connectivity index (χ1) is 5.81. The van der Waals surface area contributed by atoms with Crippen molar-refractivity contribution in [2.45, 2.75) is 18.8 Å². The maximum Gasteiger partial charge on any atom is 0.128 e. The van der Waals surface area contributed by atoms with E-state index in [9.17, 15) is 4.39 Å². The molecule has 1 aliphatic rings. The average molecular weight is 186 g/mol. The second-order valence-corrected chi connectivity index (χ2v) is 3.29. The first-order valence-electron chi connectivity index (χ1n) is 3.97. The summed E-state index contributed by atoms with van der Waals surface area (Å²) in [5.74, 6) is 0.303. The summed E-state index contributed by atoms with van der Waals surface area (Å²) < 4.78 is 13.2. The van der Waals surface area contributed by atoms with Gasteiger partial charge in [0.05, 0.1) is 5.69 Å². The van der Waals surface area contributed by atoms with E-state index in [0.717, 1.165) is 18.4 Å². The number of rotatable bonds is 2. The van der Waals surface area contributed by atoms with Crippen LogP contribution < -0.4 is 4.84 Å². The van der Waals surface area contributed by atoms with Crippen LogP contribution in [0.1, 0.15) is 24.3 Å². The van der Waals surface area contributed by atoms with Crippen LogP contribution in [0.5, 0.6) is 0 Å². The summed E-state index contributed by atoms with van der Waals surface area (Å²) >= 11 is 5.33. The van der Waals surface area contributed by atoms with Crippen LogP contribution >= 0.6 is 11.8 Å². The first kappa shape index (κ1) is 7.87. The summed E-state index contributed by atoms with van der Waals surface area (Å²) in [7, 11) is 0. The lowest BCUT2D eigenvalue weighted by Gasteiger charge is -2.02. The highest BCUT2D eigenvalue weighted by Gasteiger charge is 2.26. The molecule has 0 unspecified atom stereocenters. The zero-order valence-corrected chi connectivity index (χ0v) is 7.24. The van der Waals surface area contributed by atoms with Crippen molar-refractivity contribution >= 4 is 17.5 Å². The van der Waals surface area contributed by atoms with Crippen LogP contribution in [-0.4, -0.2) is 0 Å². The Labute approximate surface area is 75.7 Å². The molecule has 1 aromatic rings. The van der Waals surface area contributed by atoms with E-state index >= 15 is 0 Å². The van der Waals surface area contributed by atoms with E-state index in [1.807, 2.05) is 0 Å². The minimum absolute atomic E-state index is 0.150. The van der Waals surface area contributed by atoms with Crippen molar-refractivity contribution in [1.82, 2.24) is 0 Å². The zero-order chi connectivity index (χ0) is 8.55. The van der Waals surface area contributed by atoms with E-state index in [4.69, 9.17) is 11.8 Å². The molecular weight excluding hydrogens is 177 g/mol. The standard InChI is InChI=1S/C9H9ClFN/c10-12-7-3-4-8(6-1-2-6)9(11)5-7/h3-6,12H,1-2H2. The highest BCUT2D eigenvalue weighted by molar-refractivity contribution is 6.23. The Bertz CT molecular complexity index is 297.